The van der Waals surface area contributed by atoms with E-state index < -0.39 is 21.8 Å². The summed E-state index contributed by atoms with van der Waals surface area (Å²) < 4.78 is 33.0. The van der Waals surface area contributed by atoms with Crippen LogP contribution in [-0.2, 0) is 11.1 Å². The fourth-order valence-corrected chi connectivity index (χ4v) is 1.17. The molecule has 0 aliphatic rings. The van der Waals surface area contributed by atoms with E-state index in [-0.39, 0.29) is 24.0 Å². The summed E-state index contributed by atoms with van der Waals surface area (Å²) in [6.07, 6.45) is 0.757. The van der Waals surface area contributed by atoms with Crippen molar-refractivity contribution in [3.63, 3.8) is 0 Å². The molecule has 1 aromatic heterocycles. The molecule has 0 aromatic carbocycles. The van der Waals surface area contributed by atoms with Gasteiger partial charge in [-0.2, -0.15) is 0 Å². The van der Waals surface area contributed by atoms with Crippen molar-refractivity contribution in [2.24, 2.45) is 0 Å². The molecule has 0 radical (unpaired) electrons. The van der Waals surface area contributed by atoms with Crippen molar-refractivity contribution in [1.29, 1.82) is 0 Å². The number of pyridine rings is 1. The molecule has 0 amide bonds. The molecule has 0 saturated carbocycles. The quantitative estimate of drug-likeness (QED) is 0.304. The zero-order valence-corrected chi connectivity index (χ0v) is 7.66. The second kappa shape index (κ2) is 4.95. The molecule has 12 heavy (non-hydrogen) atoms. The molecule has 1 heterocycles. The van der Waals surface area contributed by atoms with Crippen LogP contribution in [0, 0.1) is 5.82 Å². The van der Waals surface area contributed by atoms with Crippen molar-refractivity contribution in [3.8, 4) is 0 Å². The Morgan fingerprint density at radius 1 is 1.67 bits per heavy atom. The van der Waals surface area contributed by atoms with E-state index >= 15 is 0 Å². The molecule has 0 aliphatic heterocycles. The first-order chi connectivity index (χ1) is 5.11. The number of rotatable bonds is 1. The molecule has 0 bridgehead atoms. The first kappa shape index (κ1) is 12.1. The molecule has 1 unspecified atom stereocenters. The van der Waals surface area contributed by atoms with Crippen molar-refractivity contribution in [3.05, 3.63) is 23.2 Å². The van der Waals surface area contributed by atoms with Crippen LogP contribution in [0.1, 0.15) is 0 Å². The summed E-state index contributed by atoms with van der Waals surface area (Å²) >= 11 is 2.71. The summed E-state index contributed by atoms with van der Waals surface area (Å²) in [7, 11) is 0. The van der Waals surface area contributed by atoms with Gasteiger partial charge in [0.05, 0.1) is 11.1 Å². The van der Waals surface area contributed by atoms with Crippen molar-refractivity contribution in [2.45, 2.75) is 4.90 Å². The van der Waals surface area contributed by atoms with E-state index in [4.69, 9.17) is 11.6 Å². The van der Waals surface area contributed by atoms with Crippen molar-refractivity contribution < 1.29 is 32.0 Å². The van der Waals surface area contributed by atoms with Crippen molar-refractivity contribution >= 4 is 22.7 Å². The zero-order chi connectivity index (χ0) is 8.43. The number of hydrogen-bond acceptors (Lipinski definition) is 3. The second-order valence-electron chi connectivity index (χ2n) is 1.67. The van der Waals surface area contributed by atoms with Gasteiger partial charge in [0.1, 0.15) is 5.15 Å². The van der Waals surface area contributed by atoms with Crippen molar-refractivity contribution in [2.75, 3.05) is 0 Å². The summed E-state index contributed by atoms with van der Waals surface area (Å²) in [6, 6.07) is 0.944. The minimum atomic E-state index is -2.60. The van der Waals surface area contributed by atoms with Gasteiger partial charge in [0, 0.05) is 0 Å². The van der Waals surface area contributed by atoms with Crippen LogP contribution in [0.5, 0.6) is 0 Å². The number of nitrogens with zero attached hydrogens (tertiary/aromatic N) is 1. The van der Waals surface area contributed by atoms with Crippen LogP contribution in [0.25, 0.3) is 0 Å². The maximum Gasteiger partial charge on any atom is 1.00 e. The third kappa shape index (κ3) is 2.85. The SMILES string of the molecule is O=S([O-])c1cc(Cl)ncc1F.[Li+]. The van der Waals surface area contributed by atoms with E-state index in [0.717, 1.165) is 12.3 Å². The van der Waals surface area contributed by atoms with Gasteiger partial charge in [-0.05, 0) is 17.1 Å². The molecule has 0 N–H and O–H groups in total. The first-order valence-corrected chi connectivity index (χ1v) is 3.97. The van der Waals surface area contributed by atoms with Crippen LogP contribution in [0.15, 0.2) is 17.2 Å². The third-order valence-electron chi connectivity index (χ3n) is 0.966. The van der Waals surface area contributed by atoms with E-state index in [0.29, 0.717) is 0 Å². The summed E-state index contributed by atoms with van der Waals surface area (Å²) in [6.45, 7) is 0. The molecule has 1 rings (SSSR count). The predicted octanol–water partition coefficient (Wildman–Crippen LogP) is -1.88. The van der Waals surface area contributed by atoms with Crippen LogP contribution in [0.4, 0.5) is 4.39 Å². The summed E-state index contributed by atoms with van der Waals surface area (Å²) in [4.78, 5) is 2.87. The fourth-order valence-electron chi connectivity index (χ4n) is 0.524. The summed E-state index contributed by atoms with van der Waals surface area (Å²) in [5, 5.41) is -0.0504. The summed E-state index contributed by atoms with van der Waals surface area (Å²) in [5.41, 5.74) is 0. The molecule has 60 valence electrons. The Bertz CT molecular complexity index is 311. The van der Waals surface area contributed by atoms with Gasteiger partial charge in [-0.15, -0.1) is 0 Å². The Hall–Kier alpha value is 0.0774. The Morgan fingerprint density at radius 2 is 2.25 bits per heavy atom. The van der Waals surface area contributed by atoms with Crippen molar-refractivity contribution in [1.82, 2.24) is 4.98 Å². The zero-order valence-electron chi connectivity index (χ0n) is 6.08. The van der Waals surface area contributed by atoms with E-state index in [1.807, 2.05) is 0 Å². The molecule has 0 fully saturated rings. The Kier molecular flexibility index (Phi) is 4.98. The smallest absolute Gasteiger partial charge is 0.768 e. The van der Waals surface area contributed by atoms with Gasteiger partial charge in [0.25, 0.3) is 0 Å². The molecule has 1 atom stereocenters. The average Bonchev–Trinajstić information content (AvgIpc) is 1.94. The average molecular weight is 202 g/mol. The molecule has 0 saturated heterocycles. The topological polar surface area (TPSA) is 53.0 Å². The Balaban J connectivity index is 0.00000121. The van der Waals surface area contributed by atoms with E-state index in [1.54, 1.807) is 0 Å². The summed E-state index contributed by atoms with van der Waals surface area (Å²) in [5.74, 6) is -0.900. The van der Waals surface area contributed by atoms with E-state index in [2.05, 4.69) is 4.98 Å². The monoisotopic (exact) mass is 201 g/mol. The Labute approximate surface area is 87.8 Å². The van der Waals surface area contributed by atoms with Gasteiger partial charge < -0.3 is 4.55 Å². The van der Waals surface area contributed by atoms with Crippen LogP contribution in [0.2, 0.25) is 5.15 Å². The van der Waals surface area contributed by atoms with Gasteiger partial charge in [0.2, 0.25) is 0 Å². The van der Waals surface area contributed by atoms with E-state index in [1.165, 1.54) is 0 Å². The standard InChI is InChI=1S/C5H3ClFNO2S.Li/c6-5-1-4(11(9)10)3(7)2-8-5;/h1-2H,(H,9,10);/q;+1/p-1. The normalized spacial score (nSPS) is 11.9. The molecular formula is C5H2ClFLiNO2S. The molecule has 3 nitrogen and oxygen atoms in total. The molecule has 1 aromatic rings. The maximum atomic E-state index is 12.5. The molecule has 7 heteroatoms. The van der Waals surface area contributed by atoms with Crippen LogP contribution in [-0.4, -0.2) is 13.7 Å². The van der Waals surface area contributed by atoms with E-state index in [9.17, 15) is 13.2 Å². The first-order valence-electron chi connectivity index (χ1n) is 2.51. The number of halogens is 2. The van der Waals surface area contributed by atoms with Gasteiger partial charge in [-0.25, -0.2) is 9.37 Å². The van der Waals surface area contributed by atoms with Gasteiger partial charge >= 0.3 is 18.9 Å². The number of aromatic nitrogens is 1. The van der Waals surface area contributed by atoms with Crippen LogP contribution < -0.4 is 18.9 Å². The van der Waals surface area contributed by atoms with Gasteiger partial charge in [-0.1, -0.05) is 11.6 Å². The van der Waals surface area contributed by atoms with Gasteiger partial charge in [-0.3, -0.25) is 4.21 Å². The van der Waals surface area contributed by atoms with Crippen LogP contribution in [0.3, 0.4) is 0 Å². The molecule has 0 spiro atoms. The van der Waals surface area contributed by atoms with Gasteiger partial charge in [0.15, 0.2) is 5.82 Å². The minimum absolute atomic E-state index is 0. The van der Waals surface area contributed by atoms with Crippen LogP contribution >= 0.6 is 11.6 Å². The minimum Gasteiger partial charge on any atom is -0.768 e. The second-order valence-corrected chi connectivity index (χ2v) is 2.97. The maximum absolute atomic E-state index is 12.5. The largest absolute Gasteiger partial charge is 1.00 e. The predicted molar refractivity (Wildman–Crippen MR) is 36.4 cm³/mol. The Morgan fingerprint density at radius 3 is 2.67 bits per heavy atom. The molecule has 0 aliphatic carbocycles. The number of hydrogen-bond donors (Lipinski definition) is 0. The molecular weight excluding hydrogens is 200 g/mol. The third-order valence-corrected chi connectivity index (χ3v) is 1.85. The fraction of sp³-hybridized carbons (Fsp3) is 0.